The molecule has 0 aliphatic heterocycles. The summed E-state index contributed by atoms with van der Waals surface area (Å²) in [5, 5.41) is 14.9. The fourth-order valence-electron chi connectivity index (χ4n) is 1.96. The third kappa shape index (κ3) is 4.72. The summed E-state index contributed by atoms with van der Waals surface area (Å²) in [6, 6.07) is 7.05. The van der Waals surface area contributed by atoms with Gasteiger partial charge in [-0.15, -0.1) is 0 Å². The van der Waals surface area contributed by atoms with Crippen molar-refractivity contribution < 1.29 is 23.1 Å². The summed E-state index contributed by atoms with van der Waals surface area (Å²) in [7, 11) is 0. The Hall–Kier alpha value is -2.54. The number of benzene rings is 2. The molecule has 2 amide bonds. The topological polar surface area (TPSA) is 61.4 Å². The van der Waals surface area contributed by atoms with E-state index in [1.165, 1.54) is 31.2 Å². The molecule has 122 valence electrons. The van der Waals surface area contributed by atoms with Gasteiger partial charge in [-0.2, -0.15) is 0 Å². The second-order valence-corrected chi connectivity index (χ2v) is 5.25. The molecule has 0 saturated heterocycles. The molecule has 7 heteroatoms. The second kappa shape index (κ2) is 6.70. The van der Waals surface area contributed by atoms with Crippen LogP contribution in [0.2, 0.25) is 0 Å². The molecular formula is C16H15F3N2O2. The van der Waals surface area contributed by atoms with Gasteiger partial charge >= 0.3 is 6.03 Å². The fraction of sp³-hybridized carbons (Fsp3) is 0.188. The maximum atomic E-state index is 13.0. The number of aliphatic hydroxyl groups is 1. The van der Waals surface area contributed by atoms with Gasteiger partial charge < -0.3 is 15.7 Å². The molecule has 1 atom stereocenters. The van der Waals surface area contributed by atoms with Crippen molar-refractivity contribution in [1.29, 1.82) is 0 Å². The number of hydrogen-bond donors (Lipinski definition) is 3. The van der Waals surface area contributed by atoms with E-state index in [4.69, 9.17) is 0 Å². The smallest absolute Gasteiger partial charge is 0.319 e. The standard InChI is InChI=1S/C16H15F3N2O2/c1-16(23,10-2-4-11(17)5-3-10)9-20-15(22)21-14-7-12(18)6-13(19)8-14/h2-8,23H,9H2,1H3,(H2,20,21,22). The molecular weight excluding hydrogens is 309 g/mol. The van der Waals surface area contributed by atoms with Gasteiger partial charge in [-0.05, 0) is 36.8 Å². The Labute approximate surface area is 131 Å². The zero-order valence-corrected chi connectivity index (χ0v) is 12.2. The van der Waals surface area contributed by atoms with Gasteiger partial charge in [-0.25, -0.2) is 18.0 Å². The molecule has 2 aromatic rings. The van der Waals surface area contributed by atoms with Crippen molar-refractivity contribution in [2.75, 3.05) is 11.9 Å². The minimum Gasteiger partial charge on any atom is -0.384 e. The summed E-state index contributed by atoms with van der Waals surface area (Å²) in [5.74, 6) is -2.08. The number of anilines is 1. The first-order valence-electron chi connectivity index (χ1n) is 6.76. The number of amides is 2. The van der Waals surface area contributed by atoms with E-state index < -0.39 is 29.1 Å². The molecule has 2 aromatic carbocycles. The third-order valence-corrected chi connectivity index (χ3v) is 3.18. The van der Waals surface area contributed by atoms with Crippen molar-refractivity contribution in [3.8, 4) is 0 Å². The average molecular weight is 324 g/mol. The van der Waals surface area contributed by atoms with Gasteiger partial charge in [0.2, 0.25) is 0 Å². The van der Waals surface area contributed by atoms with Gasteiger partial charge in [0.25, 0.3) is 0 Å². The lowest BCUT2D eigenvalue weighted by atomic mass is 9.96. The van der Waals surface area contributed by atoms with E-state index in [9.17, 15) is 23.1 Å². The van der Waals surface area contributed by atoms with Crippen molar-refractivity contribution in [1.82, 2.24) is 5.32 Å². The van der Waals surface area contributed by atoms with Crippen LogP contribution in [0, 0.1) is 17.5 Å². The summed E-state index contributed by atoms with van der Waals surface area (Å²) >= 11 is 0. The monoisotopic (exact) mass is 324 g/mol. The molecule has 1 unspecified atom stereocenters. The molecule has 0 fully saturated rings. The van der Waals surface area contributed by atoms with Crippen molar-refractivity contribution in [3.05, 3.63) is 65.5 Å². The Bertz CT molecular complexity index is 683. The van der Waals surface area contributed by atoms with Crippen molar-refractivity contribution in [2.45, 2.75) is 12.5 Å². The number of urea groups is 1. The molecule has 4 nitrogen and oxygen atoms in total. The minimum atomic E-state index is -1.43. The summed E-state index contributed by atoms with van der Waals surface area (Å²) in [5.41, 5.74) is -1.07. The summed E-state index contributed by atoms with van der Waals surface area (Å²) in [6.07, 6.45) is 0. The third-order valence-electron chi connectivity index (χ3n) is 3.18. The Morgan fingerprint density at radius 3 is 2.17 bits per heavy atom. The quantitative estimate of drug-likeness (QED) is 0.809. The summed E-state index contributed by atoms with van der Waals surface area (Å²) in [4.78, 5) is 11.7. The van der Waals surface area contributed by atoms with Crippen LogP contribution in [0.25, 0.3) is 0 Å². The Balaban J connectivity index is 1.96. The average Bonchev–Trinajstić information content (AvgIpc) is 2.44. The minimum absolute atomic E-state index is 0.0542. The van der Waals surface area contributed by atoms with Crippen LogP contribution in [0.4, 0.5) is 23.7 Å². The lowest BCUT2D eigenvalue weighted by Gasteiger charge is -2.24. The van der Waals surface area contributed by atoms with Gasteiger partial charge in [0.15, 0.2) is 0 Å². The molecule has 3 N–H and O–H groups in total. The van der Waals surface area contributed by atoms with Crippen molar-refractivity contribution >= 4 is 11.7 Å². The zero-order chi connectivity index (χ0) is 17.0. The summed E-state index contributed by atoms with van der Waals surface area (Å²) in [6.45, 7) is 1.27. The molecule has 2 rings (SSSR count). The van der Waals surface area contributed by atoms with Gasteiger partial charge in [-0.1, -0.05) is 12.1 Å². The number of rotatable bonds is 4. The van der Waals surface area contributed by atoms with E-state index in [0.29, 0.717) is 11.6 Å². The van der Waals surface area contributed by atoms with E-state index in [1.54, 1.807) is 0 Å². The lowest BCUT2D eigenvalue weighted by Crippen LogP contribution is -2.40. The van der Waals surface area contributed by atoms with Gasteiger partial charge in [-0.3, -0.25) is 0 Å². The van der Waals surface area contributed by atoms with Crippen LogP contribution in [0.5, 0.6) is 0 Å². The Morgan fingerprint density at radius 1 is 1.04 bits per heavy atom. The molecule has 0 heterocycles. The normalized spacial score (nSPS) is 13.3. The number of halogens is 3. The maximum Gasteiger partial charge on any atom is 0.319 e. The molecule has 0 saturated carbocycles. The van der Waals surface area contributed by atoms with Crippen LogP contribution in [0.15, 0.2) is 42.5 Å². The first-order chi connectivity index (χ1) is 10.8. The number of hydrogen-bond acceptors (Lipinski definition) is 2. The molecule has 0 aromatic heterocycles. The number of carbonyl (C=O) groups is 1. The largest absolute Gasteiger partial charge is 0.384 e. The highest BCUT2D eigenvalue weighted by atomic mass is 19.1. The predicted molar refractivity (Wildman–Crippen MR) is 79.4 cm³/mol. The first-order valence-corrected chi connectivity index (χ1v) is 6.76. The van der Waals surface area contributed by atoms with E-state index in [2.05, 4.69) is 10.6 Å². The second-order valence-electron chi connectivity index (χ2n) is 5.25. The highest BCUT2D eigenvalue weighted by molar-refractivity contribution is 5.89. The molecule has 0 bridgehead atoms. The lowest BCUT2D eigenvalue weighted by molar-refractivity contribution is 0.0599. The number of nitrogens with one attached hydrogen (secondary N) is 2. The van der Waals surface area contributed by atoms with Crippen LogP contribution in [0.1, 0.15) is 12.5 Å². The molecule has 0 aliphatic rings. The summed E-state index contributed by atoms with van der Waals surface area (Å²) < 4.78 is 38.9. The first kappa shape index (κ1) is 16.8. The highest BCUT2D eigenvalue weighted by Gasteiger charge is 2.23. The Kier molecular flexibility index (Phi) is 4.90. The highest BCUT2D eigenvalue weighted by Crippen LogP contribution is 2.20. The van der Waals surface area contributed by atoms with Gasteiger partial charge in [0, 0.05) is 11.8 Å². The maximum absolute atomic E-state index is 13.0. The van der Waals surface area contributed by atoms with Crippen molar-refractivity contribution in [2.24, 2.45) is 0 Å². The Morgan fingerprint density at radius 2 is 1.61 bits per heavy atom. The molecule has 0 spiro atoms. The van der Waals surface area contributed by atoms with Gasteiger partial charge in [0.1, 0.15) is 23.1 Å². The molecule has 23 heavy (non-hydrogen) atoms. The molecule has 0 aliphatic carbocycles. The van der Waals surface area contributed by atoms with E-state index in [0.717, 1.165) is 12.1 Å². The van der Waals surface area contributed by atoms with Crippen LogP contribution >= 0.6 is 0 Å². The van der Waals surface area contributed by atoms with Gasteiger partial charge in [0.05, 0.1) is 6.54 Å². The number of carbonyl (C=O) groups excluding carboxylic acids is 1. The van der Waals surface area contributed by atoms with Crippen LogP contribution in [0.3, 0.4) is 0 Å². The van der Waals surface area contributed by atoms with Crippen LogP contribution < -0.4 is 10.6 Å². The van der Waals surface area contributed by atoms with E-state index >= 15 is 0 Å². The zero-order valence-electron chi connectivity index (χ0n) is 12.2. The van der Waals surface area contributed by atoms with Crippen LogP contribution in [-0.2, 0) is 5.60 Å². The van der Waals surface area contributed by atoms with E-state index in [1.807, 2.05) is 0 Å². The fourth-order valence-corrected chi connectivity index (χ4v) is 1.96. The predicted octanol–water partition coefficient (Wildman–Crippen LogP) is 3.13. The van der Waals surface area contributed by atoms with Crippen molar-refractivity contribution in [3.63, 3.8) is 0 Å². The molecule has 0 radical (unpaired) electrons. The van der Waals surface area contributed by atoms with Crippen LogP contribution in [-0.4, -0.2) is 17.7 Å². The SMILES string of the molecule is CC(O)(CNC(=O)Nc1cc(F)cc(F)c1)c1ccc(F)cc1. The van der Waals surface area contributed by atoms with E-state index in [-0.39, 0.29) is 12.2 Å².